The fourth-order valence-corrected chi connectivity index (χ4v) is 3.54. The summed E-state index contributed by atoms with van der Waals surface area (Å²) in [6.45, 7) is 2.82. The van der Waals surface area contributed by atoms with Crippen LogP contribution < -0.4 is 4.31 Å². The molecule has 0 saturated carbocycles. The second-order valence-corrected chi connectivity index (χ2v) is 6.44. The maximum Gasteiger partial charge on any atom is 0.338 e. The largest absolute Gasteiger partial charge is 0.462 e. The third-order valence-corrected chi connectivity index (χ3v) is 4.80. The van der Waals surface area contributed by atoms with Gasteiger partial charge in [-0.2, -0.15) is 0 Å². The second kappa shape index (κ2) is 5.61. The van der Waals surface area contributed by atoms with Crippen LogP contribution in [0.3, 0.4) is 0 Å². The molecule has 1 aromatic rings. The standard InChI is InChI=1S/C13H17NO4S/c1-2-9-18-13(15)11-4-6-12(7-5-11)14-8-3-10-19(14,16)17/h4-7H,2-3,8-10H2,1H3. The Morgan fingerprint density at radius 3 is 2.53 bits per heavy atom. The average molecular weight is 283 g/mol. The Kier molecular flexibility index (Phi) is 4.09. The minimum absolute atomic E-state index is 0.188. The number of anilines is 1. The van der Waals surface area contributed by atoms with E-state index >= 15 is 0 Å². The normalized spacial score (nSPS) is 17.4. The van der Waals surface area contributed by atoms with Gasteiger partial charge in [0.1, 0.15) is 0 Å². The Morgan fingerprint density at radius 1 is 1.32 bits per heavy atom. The van der Waals surface area contributed by atoms with E-state index < -0.39 is 10.0 Å². The third kappa shape index (κ3) is 3.07. The zero-order valence-corrected chi connectivity index (χ0v) is 11.6. The Morgan fingerprint density at radius 2 is 2.00 bits per heavy atom. The van der Waals surface area contributed by atoms with E-state index in [1.807, 2.05) is 6.92 Å². The molecule has 0 spiro atoms. The molecule has 0 bridgehead atoms. The first-order valence-electron chi connectivity index (χ1n) is 6.32. The fraction of sp³-hybridized carbons (Fsp3) is 0.462. The van der Waals surface area contributed by atoms with Crippen molar-refractivity contribution in [2.24, 2.45) is 0 Å². The van der Waals surface area contributed by atoms with Crippen LogP contribution >= 0.6 is 0 Å². The molecule has 19 heavy (non-hydrogen) atoms. The van der Waals surface area contributed by atoms with E-state index in [0.29, 0.717) is 30.8 Å². The number of esters is 1. The number of ether oxygens (including phenoxy) is 1. The zero-order chi connectivity index (χ0) is 13.9. The highest BCUT2D eigenvalue weighted by atomic mass is 32.2. The molecule has 1 fully saturated rings. The van der Waals surface area contributed by atoms with Crippen molar-refractivity contribution in [3.63, 3.8) is 0 Å². The Hall–Kier alpha value is -1.56. The number of benzene rings is 1. The summed E-state index contributed by atoms with van der Waals surface area (Å²) in [6.07, 6.45) is 1.42. The summed E-state index contributed by atoms with van der Waals surface area (Å²) in [6, 6.07) is 6.49. The topological polar surface area (TPSA) is 63.7 Å². The highest BCUT2D eigenvalue weighted by Crippen LogP contribution is 2.24. The van der Waals surface area contributed by atoms with E-state index in [9.17, 15) is 13.2 Å². The summed E-state index contributed by atoms with van der Waals surface area (Å²) in [7, 11) is -3.17. The van der Waals surface area contributed by atoms with Crippen molar-refractivity contribution >= 4 is 21.7 Å². The van der Waals surface area contributed by atoms with Crippen LogP contribution in [0.4, 0.5) is 5.69 Å². The number of nitrogens with zero attached hydrogens (tertiary/aromatic N) is 1. The second-order valence-electron chi connectivity index (χ2n) is 4.42. The van der Waals surface area contributed by atoms with Crippen LogP contribution in [0.2, 0.25) is 0 Å². The van der Waals surface area contributed by atoms with E-state index in [2.05, 4.69) is 0 Å². The van der Waals surface area contributed by atoms with Crippen molar-refractivity contribution in [1.29, 1.82) is 0 Å². The van der Waals surface area contributed by atoms with Crippen LogP contribution in [0.1, 0.15) is 30.1 Å². The van der Waals surface area contributed by atoms with Crippen LogP contribution in [-0.2, 0) is 14.8 Å². The van der Waals surface area contributed by atoms with Gasteiger partial charge in [0.05, 0.1) is 23.6 Å². The van der Waals surface area contributed by atoms with Crippen LogP contribution in [0, 0.1) is 0 Å². The summed E-state index contributed by atoms with van der Waals surface area (Å²) < 4.78 is 29.9. The molecule has 5 nitrogen and oxygen atoms in total. The predicted molar refractivity (Wildman–Crippen MR) is 72.8 cm³/mol. The van der Waals surface area contributed by atoms with Gasteiger partial charge in [0.25, 0.3) is 0 Å². The molecule has 2 rings (SSSR count). The van der Waals surface area contributed by atoms with Crippen molar-refractivity contribution in [2.45, 2.75) is 19.8 Å². The monoisotopic (exact) mass is 283 g/mol. The fourth-order valence-electron chi connectivity index (χ4n) is 1.97. The summed E-state index contributed by atoms with van der Waals surface area (Å²) in [5.41, 5.74) is 1.04. The van der Waals surface area contributed by atoms with Gasteiger partial charge in [-0.3, -0.25) is 4.31 Å². The predicted octanol–water partition coefficient (Wildman–Crippen LogP) is 1.79. The summed E-state index contributed by atoms with van der Waals surface area (Å²) in [5.74, 6) is -0.189. The SMILES string of the molecule is CCCOC(=O)c1ccc(N2CCCS2(=O)=O)cc1. The van der Waals surface area contributed by atoms with Crippen LogP contribution in [0.25, 0.3) is 0 Å². The van der Waals surface area contributed by atoms with Gasteiger partial charge in [0.2, 0.25) is 10.0 Å². The van der Waals surface area contributed by atoms with Gasteiger partial charge in [0, 0.05) is 6.54 Å². The third-order valence-electron chi connectivity index (χ3n) is 2.93. The molecule has 104 valence electrons. The molecule has 0 aromatic heterocycles. The lowest BCUT2D eigenvalue weighted by atomic mass is 10.2. The first-order valence-corrected chi connectivity index (χ1v) is 7.93. The molecule has 0 N–H and O–H groups in total. The summed E-state index contributed by atoms with van der Waals surface area (Å²) in [4.78, 5) is 11.6. The Bertz CT molecular complexity index is 551. The number of sulfonamides is 1. The number of hydrogen-bond donors (Lipinski definition) is 0. The van der Waals surface area contributed by atoms with Gasteiger partial charge in [0.15, 0.2) is 0 Å². The van der Waals surface area contributed by atoms with Gasteiger partial charge in [-0.05, 0) is 37.1 Å². The molecule has 0 unspecified atom stereocenters. The molecule has 1 aliphatic heterocycles. The number of rotatable bonds is 4. The molecule has 6 heteroatoms. The lowest BCUT2D eigenvalue weighted by molar-refractivity contribution is 0.0505. The highest BCUT2D eigenvalue weighted by Gasteiger charge is 2.28. The molecule has 0 radical (unpaired) electrons. The van der Waals surface area contributed by atoms with Crippen molar-refractivity contribution in [3.05, 3.63) is 29.8 Å². The van der Waals surface area contributed by atoms with Crippen molar-refractivity contribution in [1.82, 2.24) is 0 Å². The van der Waals surface area contributed by atoms with Crippen molar-refractivity contribution < 1.29 is 17.9 Å². The quantitative estimate of drug-likeness (QED) is 0.790. The molecule has 1 saturated heterocycles. The van der Waals surface area contributed by atoms with Gasteiger partial charge >= 0.3 is 5.97 Å². The molecular formula is C13H17NO4S. The number of carbonyl (C=O) groups excluding carboxylic acids is 1. The first-order chi connectivity index (χ1) is 9.04. The Labute approximate surface area is 113 Å². The van der Waals surface area contributed by atoms with E-state index in [-0.39, 0.29) is 11.7 Å². The van der Waals surface area contributed by atoms with Crippen LogP contribution in [0.5, 0.6) is 0 Å². The van der Waals surface area contributed by atoms with Gasteiger partial charge in [-0.15, -0.1) is 0 Å². The van der Waals surface area contributed by atoms with Gasteiger partial charge in [-0.1, -0.05) is 6.92 Å². The van der Waals surface area contributed by atoms with Gasteiger partial charge in [-0.25, -0.2) is 13.2 Å². The number of carbonyl (C=O) groups is 1. The molecule has 0 atom stereocenters. The minimum atomic E-state index is -3.17. The molecule has 0 amide bonds. The lowest BCUT2D eigenvalue weighted by Gasteiger charge is -2.16. The van der Waals surface area contributed by atoms with Gasteiger partial charge < -0.3 is 4.74 Å². The first kappa shape index (κ1) is 13.9. The highest BCUT2D eigenvalue weighted by molar-refractivity contribution is 7.93. The van der Waals surface area contributed by atoms with E-state index in [1.54, 1.807) is 24.3 Å². The summed E-state index contributed by atoms with van der Waals surface area (Å²) >= 11 is 0. The van der Waals surface area contributed by atoms with Crippen molar-refractivity contribution in [2.75, 3.05) is 23.2 Å². The smallest absolute Gasteiger partial charge is 0.338 e. The maximum absolute atomic E-state index is 11.8. The average Bonchev–Trinajstić information content (AvgIpc) is 2.76. The van der Waals surface area contributed by atoms with Crippen LogP contribution in [0.15, 0.2) is 24.3 Å². The van der Waals surface area contributed by atoms with Crippen LogP contribution in [-0.4, -0.2) is 33.3 Å². The molecule has 1 aromatic carbocycles. The minimum Gasteiger partial charge on any atom is -0.462 e. The van der Waals surface area contributed by atoms with E-state index in [1.165, 1.54) is 4.31 Å². The lowest BCUT2D eigenvalue weighted by Crippen LogP contribution is -2.25. The van der Waals surface area contributed by atoms with E-state index in [0.717, 1.165) is 6.42 Å². The number of hydrogen-bond acceptors (Lipinski definition) is 4. The summed E-state index contributed by atoms with van der Waals surface area (Å²) in [5, 5.41) is 0. The molecular weight excluding hydrogens is 266 g/mol. The molecule has 1 heterocycles. The van der Waals surface area contributed by atoms with E-state index in [4.69, 9.17) is 4.74 Å². The van der Waals surface area contributed by atoms with Crippen molar-refractivity contribution in [3.8, 4) is 0 Å². The maximum atomic E-state index is 11.8. The molecule has 0 aliphatic carbocycles. The zero-order valence-electron chi connectivity index (χ0n) is 10.8. The molecule has 1 aliphatic rings. The Balaban J connectivity index is 2.13.